The van der Waals surface area contributed by atoms with E-state index in [-0.39, 0.29) is 6.42 Å². The molecule has 1 heterocycles. The Morgan fingerprint density at radius 2 is 2.36 bits per heavy atom. The molecule has 74 valence electrons. The molecule has 0 amide bonds. The number of nitrogens with zero attached hydrogens (tertiary/aromatic N) is 1. The topological polar surface area (TPSA) is 50.2 Å². The minimum atomic E-state index is -0.740. The van der Waals surface area contributed by atoms with Crippen LogP contribution < -0.4 is 0 Å². The Labute approximate surface area is 83.1 Å². The number of hydrogen-bond donors (Lipinski definition) is 1. The molecule has 0 radical (unpaired) electrons. The van der Waals surface area contributed by atoms with E-state index in [1.807, 2.05) is 30.4 Å². The van der Waals surface area contributed by atoms with Crippen molar-refractivity contribution in [1.29, 1.82) is 0 Å². The van der Waals surface area contributed by atoms with E-state index in [2.05, 4.69) is 4.98 Å². The third-order valence-corrected chi connectivity index (χ3v) is 1.74. The molecule has 1 aromatic heterocycles. The van der Waals surface area contributed by atoms with Crippen molar-refractivity contribution >= 4 is 12.0 Å². The van der Waals surface area contributed by atoms with E-state index in [9.17, 15) is 4.79 Å². The SMILES string of the molecule is O=C(O)CCC/C=C/c1ccccn1. The van der Waals surface area contributed by atoms with Gasteiger partial charge < -0.3 is 5.11 Å². The monoisotopic (exact) mass is 191 g/mol. The van der Waals surface area contributed by atoms with Gasteiger partial charge in [0.25, 0.3) is 0 Å². The summed E-state index contributed by atoms with van der Waals surface area (Å²) in [5.74, 6) is -0.740. The molecule has 0 saturated heterocycles. The molecule has 1 rings (SSSR count). The highest BCUT2D eigenvalue weighted by Crippen LogP contribution is 2.01. The average molecular weight is 191 g/mol. The zero-order valence-electron chi connectivity index (χ0n) is 7.89. The number of allylic oxidation sites excluding steroid dienone is 1. The van der Waals surface area contributed by atoms with Crippen LogP contribution in [0, 0.1) is 0 Å². The number of aromatic nitrogens is 1. The molecule has 0 aliphatic carbocycles. The summed E-state index contributed by atoms with van der Waals surface area (Å²) in [6, 6.07) is 5.69. The summed E-state index contributed by atoms with van der Waals surface area (Å²) in [7, 11) is 0. The van der Waals surface area contributed by atoms with E-state index >= 15 is 0 Å². The van der Waals surface area contributed by atoms with Crippen LogP contribution >= 0.6 is 0 Å². The van der Waals surface area contributed by atoms with Gasteiger partial charge in [-0.1, -0.05) is 12.1 Å². The van der Waals surface area contributed by atoms with Crippen molar-refractivity contribution in [1.82, 2.24) is 4.98 Å². The third-order valence-electron chi connectivity index (χ3n) is 1.74. The number of carboxylic acid groups (broad SMARTS) is 1. The number of pyridine rings is 1. The second-order valence-electron chi connectivity index (χ2n) is 2.94. The third kappa shape index (κ3) is 4.40. The molecule has 3 heteroatoms. The lowest BCUT2D eigenvalue weighted by molar-refractivity contribution is -0.137. The quantitative estimate of drug-likeness (QED) is 0.727. The molecule has 0 bridgehead atoms. The maximum absolute atomic E-state index is 10.2. The zero-order valence-corrected chi connectivity index (χ0v) is 7.89. The molecule has 0 aromatic carbocycles. The van der Waals surface area contributed by atoms with Crippen LogP contribution in [0.4, 0.5) is 0 Å². The Kier molecular flexibility index (Phi) is 4.41. The van der Waals surface area contributed by atoms with Crippen molar-refractivity contribution < 1.29 is 9.90 Å². The fourth-order valence-electron chi connectivity index (χ4n) is 1.05. The van der Waals surface area contributed by atoms with Gasteiger partial charge in [-0.2, -0.15) is 0 Å². The van der Waals surface area contributed by atoms with Gasteiger partial charge in [-0.15, -0.1) is 0 Å². The molecule has 14 heavy (non-hydrogen) atoms. The summed E-state index contributed by atoms with van der Waals surface area (Å²) in [6.45, 7) is 0. The number of hydrogen-bond acceptors (Lipinski definition) is 2. The lowest BCUT2D eigenvalue weighted by Crippen LogP contribution is -1.92. The second kappa shape index (κ2) is 5.91. The first kappa shape index (κ1) is 10.4. The molecular weight excluding hydrogens is 178 g/mol. The van der Waals surface area contributed by atoms with E-state index in [4.69, 9.17) is 5.11 Å². The summed E-state index contributed by atoms with van der Waals surface area (Å²) in [5, 5.41) is 8.39. The van der Waals surface area contributed by atoms with Gasteiger partial charge in [0.05, 0.1) is 5.69 Å². The maximum atomic E-state index is 10.2. The Balaban J connectivity index is 2.25. The summed E-state index contributed by atoms with van der Waals surface area (Å²) >= 11 is 0. The Morgan fingerprint density at radius 1 is 1.50 bits per heavy atom. The lowest BCUT2D eigenvalue weighted by atomic mass is 10.2. The fourth-order valence-corrected chi connectivity index (χ4v) is 1.05. The zero-order chi connectivity index (χ0) is 10.2. The Hall–Kier alpha value is -1.64. The number of rotatable bonds is 5. The highest BCUT2D eigenvalue weighted by Gasteiger charge is 1.93. The van der Waals surface area contributed by atoms with Crippen LogP contribution in [0.25, 0.3) is 6.08 Å². The second-order valence-corrected chi connectivity index (χ2v) is 2.94. The molecule has 0 atom stereocenters. The highest BCUT2D eigenvalue weighted by molar-refractivity contribution is 5.66. The molecule has 3 nitrogen and oxygen atoms in total. The molecular formula is C11H13NO2. The van der Waals surface area contributed by atoms with Gasteiger partial charge in [0, 0.05) is 12.6 Å². The van der Waals surface area contributed by atoms with Crippen molar-refractivity contribution in [2.45, 2.75) is 19.3 Å². The normalized spacial score (nSPS) is 10.6. The van der Waals surface area contributed by atoms with Crippen LogP contribution in [0.2, 0.25) is 0 Å². The largest absolute Gasteiger partial charge is 0.481 e. The van der Waals surface area contributed by atoms with Gasteiger partial charge in [0.2, 0.25) is 0 Å². The van der Waals surface area contributed by atoms with Gasteiger partial charge in [0.1, 0.15) is 0 Å². The van der Waals surface area contributed by atoms with Gasteiger partial charge in [-0.05, 0) is 31.1 Å². The van der Waals surface area contributed by atoms with Gasteiger partial charge >= 0.3 is 5.97 Å². The minimum Gasteiger partial charge on any atom is -0.481 e. The smallest absolute Gasteiger partial charge is 0.303 e. The standard InChI is InChI=1S/C11H13NO2/c13-11(14)8-3-1-2-6-10-7-4-5-9-12-10/h2,4-7,9H,1,3,8H2,(H,13,14)/b6-2+. The van der Waals surface area contributed by atoms with Crippen molar-refractivity contribution in [2.24, 2.45) is 0 Å². The molecule has 0 aliphatic heterocycles. The number of carbonyl (C=O) groups is 1. The van der Waals surface area contributed by atoms with Crippen molar-refractivity contribution in [3.05, 3.63) is 36.2 Å². The van der Waals surface area contributed by atoms with Crippen LogP contribution in [0.1, 0.15) is 25.0 Å². The van der Waals surface area contributed by atoms with E-state index < -0.39 is 5.97 Å². The predicted molar refractivity (Wildman–Crippen MR) is 54.8 cm³/mol. The van der Waals surface area contributed by atoms with Gasteiger partial charge in [-0.25, -0.2) is 0 Å². The summed E-state index contributed by atoms with van der Waals surface area (Å²) in [6.07, 6.45) is 7.28. The molecule has 0 spiro atoms. The lowest BCUT2D eigenvalue weighted by Gasteiger charge is -1.91. The molecule has 0 aliphatic rings. The van der Waals surface area contributed by atoms with Gasteiger partial charge in [-0.3, -0.25) is 9.78 Å². The Morgan fingerprint density at radius 3 is 3.00 bits per heavy atom. The van der Waals surface area contributed by atoms with Gasteiger partial charge in [0.15, 0.2) is 0 Å². The number of carboxylic acids is 1. The van der Waals surface area contributed by atoms with Crippen molar-refractivity contribution in [3.8, 4) is 0 Å². The predicted octanol–water partition coefficient (Wildman–Crippen LogP) is 2.35. The average Bonchev–Trinajstić information content (AvgIpc) is 2.18. The first-order valence-electron chi connectivity index (χ1n) is 4.58. The molecule has 1 N–H and O–H groups in total. The summed E-state index contributed by atoms with van der Waals surface area (Å²) in [4.78, 5) is 14.3. The van der Waals surface area contributed by atoms with Crippen LogP contribution in [0.3, 0.4) is 0 Å². The number of unbranched alkanes of at least 4 members (excludes halogenated alkanes) is 1. The molecule has 0 unspecified atom stereocenters. The number of aliphatic carboxylic acids is 1. The molecule has 0 fully saturated rings. The van der Waals surface area contributed by atoms with Crippen LogP contribution in [-0.2, 0) is 4.79 Å². The maximum Gasteiger partial charge on any atom is 0.303 e. The van der Waals surface area contributed by atoms with Crippen molar-refractivity contribution in [2.75, 3.05) is 0 Å². The summed E-state index contributed by atoms with van der Waals surface area (Å²) < 4.78 is 0. The minimum absolute atomic E-state index is 0.229. The van der Waals surface area contributed by atoms with E-state index in [1.54, 1.807) is 6.20 Å². The first-order chi connectivity index (χ1) is 6.79. The summed E-state index contributed by atoms with van der Waals surface area (Å²) in [5.41, 5.74) is 0.905. The van der Waals surface area contributed by atoms with Crippen LogP contribution in [0.15, 0.2) is 30.5 Å². The van der Waals surface area contributed by atoms with E-state index in [1.165, 1.54) is 0 Å². The first-order valence-corrected chi connectivity index (χ1v) is 4.58. The molecule has 1 aromatic rings. The van der Waals surface area contributed by atoms with E-state index in [0.717, 1.165) is 12.1 Å². The van der Waals surface area contributed by atoms with Crippen LogP contribution in [0.5, 0.6) is 0 Å². The Bertz CT molecular complexity index is 306. The van der Waals surface area contributed by atoms with E-state index in [0.29, 0.717) is 6.42 Å². The highest BCUT2D eigenvalue weighted by atomic mass is 16.4. The van der Waals surface area contributed by atoms with Crippen LogP contribution in [-0.4, -0.2) is 16.1 Å². The van der Waals surface area contributed by atoms with Crippen molar-refractivity contribution in [3.63, 3.8) is 0 Å². The fraction of sp³-hybridized carbons (Fsp3) is 0.273. The molecule has 0 saturated carbocycles.